The highest BCUT2D eigenvalue weighted by molar-refractivity contribution is 9.10. The standard InChI is InChI=1S/C18H15BrF2N2O2S2/c19-12-3-1-11(2-4-12)8-26-18-22-15-9-27(24,25)10-17(15)23(18)16-6-5-13(20)7-14(16)21/h1-7,15,17H,8-10H2. The SMILES string of the molecule is O=S1(=O)CC2N=C(SCc3ccc(Br)cc3)N(c3ccc(F)cc3F)C2C1. The van der Waals surface area contributed by atoms with Crippen LogP contribution in [0.4, 0.5) is 14.5 Å². The van der Waals surface area contributed by atoms with Gasteiger partial charge in [0, 0.05) is 16.3 Å². The summed E-state index contributed by atoms with van der Waals surface area (Å²) in [6.45, 7) is 0. The summed E-state index contributed by atoms with van der Waals surface area (Å²) in [5, 5.41) is 0.563. The van der Waals surface area contributed by atoms with Crippen molar-refractivity contribution in [3.63, 3.8) is 0 Å². The molecular weight excluding hydrogens is 458 g/mol. The van der Waals surface area contributed by atoms with Crippen LogP contribution in [0, 0.1) is 11.6 Å². The second-order valence-electron chi connectivity index (χ2n) is 6.50. The van der Waals surface area contributed by atoms with Crippen LogP contribution in [0.3, 0.4) is 0 Å². The lowest BCUT2D eigenvalue weighted by Crippen LogP contribution is -2.39. The summed E-state index contributed by atoms with van der Waals surface area (Å²) < 4.78 is 52.8. The largest absolute Gasteiger partial charge is 0.312 e. The topological polar surface area (TPSA) is 49.7 Å². The molecule has 2 heterocycles. The number of anilines is 1. The van der Waals surface area contributed by atoms with Crippen LogP contribution in [0.25, 0.3) is 0 Å². The molecule has 2 aliphatic heterocycles. The van der Waals surface area contributed by atoms with E-state index in [1.165, 1.54) is 23.9 Å². The molecule has 0 spiro atoms. The molecule has 0 N–H and O–H groups in total. The third-order valence-corrected chi connectivity index (χ3v) is 7.82. The number of hydrogen-bond acceptors (Lipinski definition) is 5. The number of aliphatic imine (C=N–C) groups is 1. The summed E-state index contributed by atoms with van der Waals surface area (Å²) in [6.07, 6.45) is 0. The van der Waals surface area contributed by atoms with Gasteiger partial charge in [-0.2, -0.15) is 0 Å². The molecule has 2 unspecified atom stereocenters. The molecule has 2 atom stereocenters. The normalized spacial score (nSPS) is 23.4. The molecule has 2 aromatic rings. The molecule has 142 valence electrons. The zero-order chi connectivity index (χ0) is 19.2. The van der Waals surface area contributed by atoms with E-state index in [0.717, 1.165) is 16.1 Å². The van der Waals surface area contributed by atoms with Gasteiger partial charge in [0.25, 0.3) is 0 Å². The molecule has 0 aromatic heterocycles. The number of amidine groups is 1. The van der Waals surface area contributed by atoms with Crippen LogP contribution in [0.2, 0.25) is 0 Å². The van der Waals surface area contributed by atoms with Gasteiger partial charge in [-0.3, -0.25) is 4.99 Å². The van der Waals surface area contributed by atoms with E-state index in [-0.39, 0.29) is 17.2 Å². The second kappa shape index (κ2) is 7.18. The molecule has 9 heteroatoms. The third-order valence-electron chi connectivity index (χ3n) is 4.56. The van der Waals surface area contributed by atoms with Crippen molar-refractivity contribution in [1.82, 2.24) is 0 Å². The van der Waals surface area contributed by atoms with Crippen molar-refractivity contribution < 1.29 is 17.2 Å². The van der Waals surface area contributed by atoms with E-state index in [4.69, 9.17) is 0 Å². The molecule has 0 bridgehead atoms. The van der Waals surface area contributed by atoms with E-state index in [1.54, 1.807) is 4.90 Å². The number of sulfone groups is 1. The number of fused-ring (bicyclic) bond motifs is 1. The minimum Gasteiger partial charge on any atom is -0.312 e. The maximum atomic E-state index is 14.4. The summed E-state index contributed by atoms with van der Waals surface area (Å²) in [7, 11) is -3.22. The van der Waals surface area contributed by atoms with E-state index in [0.29, 0.717) is 10.9 Å². The Morgan fingerprint density at radius 2 is 1.89 bits per heavy atom. The van der Waals surface area contributed by atoms with Gasteiger partial charge in [-0.25, -0.2) is 17.2 Å². The average molecular weight is 473 g/mol. The van der Waals surface area contributed by atoms with Crippen molar-refractivity contribution in [3.05, 3.63) is 64.1 Å². The monoisotopic (exact) mass is 472 g/mol. The van der Waals surface area contributed by atoms with Gasteiger partial charge in [0.05, 0.1) is 29.3 Å². The van der Waals surface area contributed by atoms with Crippen molar-refractivity contribution in [2.45, 2.75) is 17.8 Å². The van der Waals surface area contributed by atoms with Crippen molar-refractivity contribution in [1.29, 1.82) is 0 Å². The first-order valence-corrected chi connectivity index (χ1v) is 11.8. The molecule has 0 radical (unpaired) electrons. The molecule has 1 fully saturated rings. The minimum atomic E-state index is -3.22. The van der Waals surface area contributed by atoms with Crippen molar-refractivity contribution in [3.8, 4) is 0 Å². The fourth-order valence-electron chi connectivity index (χ4n) is 3.32. The molecule has 27 heavy (non-hydrogen) atoms. The zero-order valence-electron chi connectivity index (χ0n) is 14.0. The predicted molar refractivity (Wildman–Crippen MR) is 108 cm³/mol. The second-order valence-corrected chi connectivity index (χ2v) is 10.5. The number of halogens is 3. The molecule has 0 saturated carbocycles. The van der Waals surface area contributed by atoms with Crippen LogP contribution in [0.15, 0.2) is 51.9 Å². The van der Waals surface area contributed by atoms with Gasteiger partial charge < -0.3 is 4.90 Å². The Balaban J connectivity index is 1.64. The highest BCUT2D eigenvalue weighted by atomic mass is 79.9. The Morgan fingerprint density at radius 1 is 1.15 bits per heavy atom. The van der Waals surface area contributed by atoms with Gasteiger partial charge >= 0.3 is 0 Å². The van der Waals surface area contributed by atoms with Crippen molar-refractivity contribution in [2.24, 2.45) is 4.99 Å². The lowest BCUT2D eigenvalue weighted by atomic mass is 10.1. The molecule has 0 amide bonds. The molecule has 0 aliphatic carbocycles. The highest BCUT2D eigenvalue weighted by Gasteiger charge is 2.47. The Bertz CT molecular complexity index is 1010. The first-order chi connectivity index (χ1) is 12.8. The Kier molecular flexibility index (Phi) is 5.02. The fraction of sp³-hybridized carbons (Fsp3) is 0.278. The van der Waals surface area contributed by atoms with E-state index < -0.39 is 33.6 Å². The Hall–Kier alpha value is -1.45. The lowest BCUT2D eigenvalue weighted by Gasteiger charge is -2.26. The molecule has 4 nitrogen and oxygen atoms in total. The number of nitrogens with zero attached hydrogens (tertiary/aromatic N) is 2. The minimum absolute atomic E-state index is 0.0423. The van der Waals surface area contributed by atoms with Gasteiger partial charge in [0.15, 0.2) is 15.0 Å². The highest BCUT2D eigenvalue weighted by Crippen LogP contribution is 2.37. The Labute approximate surface area is 168 Å². The summed E-state index contributed by atoms with van der Waals surface area (Å²) in [6, 6.07) is 10.3. The first-order valence-electron chi connectivity index (χ1n) is 8.22. The molecule has 2 aliphatic rings. The van der Waals surface area contributed by atoms with E-state index in [2.05, 4.69) is 20.9 Å². The van der Waals surface area contributed by atoms with Crippen molar-refractivity contribution in [2.75, 3.05) is 16.4 Å². The van der Waals surface area contributed by atoms with Crippen LogP contribution in [0.5, 0.6) is 0 Å². The van der Waals surface area contributed by atoms with Gasteiger partial charge in [0.2, 0.25) is 0 Å². The summed E-state index contributed by atoms with van der Waals surface area (Å²) >= 11 is 4.81. The Morgan fingerprint density at radius 3 is 2.59 bits per heavy atom. The lowest BCUT2D eigenvalue weighted by molar-refractivity contribution is 0.577. The van der Waals surface area contributed by atoms with Crippen LogP contribution >= 0.6 is 27.7 Å². The molecular formula is C18H15BrF2N2O2S2. The van der Waals surface area contributed by atoms with Gasteiger partial charge in [-0.1, -0.05) is 39.8 Å². The van der Waals surface area contributed by atoms with Crippen LogP contribution in [-0.4, -0.2) is 37.2 Å². The van der Waals surface area contributed by atoms with E-state index in [1.807, 2.05) is 24.3 Å². The maximum Gasteiger partial charge on any atom is 0.164 e. The summed E-state index contributed by atoms with van der Waals surface area (Å²) in [4.78, 5) is 6.17. The maximum absolute atomic E-state index is 14.4. The number of thioether (sulfide) groups is 1. The first kappa shape index (κ1) is 18.9. The van der Waals surface area contributed by atoms with Crippen molar-refractivity contribution >= 4 is 48.4 Å². The molecule has 1 saturated heterocycles. The summed E-state index contributed by atoms with van der Waals surface area (Å²) in [5.74, 6) is -0.916. The quantitative estimate of drug-likeness (QED) is 0.677. The number of benzene rings is 2. The van der Waals surface area contributed by atoms with Gasteiger partial charge in [-0.15, -0.1) is 0 Å². The smallest absolute Gasteiger partial charge is 0.164 e. The van der Waals surface area contributed by atoms with Crippen LogP contribution in [-0.2, 0) is 15.6 Å². The van der Waals surface area contributed by atoms with Gasteiger partial charge in [0.1, 0.15) is 11.6 Å². The van der Waals surface area contributed by atoms with Crippen LogP contribution < -0.4 is 4.90 Å². The third kappa shape index (κ3) is 3.90. The fourth-order valence-corrected chi connectivity index (χ4v) is 6.50. The number of hydrogen-bond donors (Lipinski definition) is 0. The number of rotatable bonds is 3. The van der Waals surface area contributed by atoms with Gasteiger partial charge in [-0.05, 0) is 29.8 Å². The summed E-state index contributed by atoms with van der Waals surface area (Å²) in [5.41, 5.74) is 1.22. The van der Waals surface area contributed by atoms with Crippen LogP contribution in [0.1, 0.15) is 5.56 Å². The zero-order valence-corrected chi connectivity index (χ0v) is 17.2. The van der Waals surface area contributed by atoms with E-state index >= 15 is 0 Å². The molecule has 2 aromatic carbocycles. The van der Waals surface area contributed by atoms with E-state index in [9.17, 15) is 17.2 Å². The predicted octanol–water partition coefficient (Wildman–Crippen LogP) is 4.00. The average Bonchev–Trinajstić information content (AvgIpc) is 3.06. The molecule has 4 rings (SSSR count).